The maximum atomic E-state index is 12.2. The van der Waals surface area contributed by atoms with Crippen LogP contribution in [0.1, 0.15) is 10.4 Å². The van der Waals surface area contributed by atoms with Crippen molar-refractivity contribution in [1.29, 1.82) is 0 Å². The lowest BCUT2D eigenvalue weighted by atomic mass is 10.2. The van der Waals surface area contributed by atoms with Gasteiger partial charge >= 0.3 is 0 Å². The van der Waals surface area contributed by atoms with Crippen molar-refractivity contribution in [2.24, 2.45) is 0 Å². The van der Waals surface area contributed by atoms with Gasteiger partial charge in [-0.15, -0.1) is 0 Å². The third-order valence-corrected chi connectivity index (χ3v) is 3.56. The van der Waals surface area contributed by atoms with Gasteiger partial charge in [0.2, 0.25) is 5.91 Å². The summed E-state index contributed by atoms with van der Waals surface area (Å²) in [5, 5.41) is 5.24. The van der Waals surface area contributed by atoms with E-state index in [4.69, 9.17) is 4.74 Å². The summed E-state index contributed by atoms with van der Waals surface area (Å²) in [6.07, 6.45) is 6.60. The number of amides is 2. The number of pyridine rings is 1. The highest BCUT2D eigenvalue weighted by Crippen LogP contribution is 2.16. The van der Waals surface area contributed by atoms with E-state index in [1.165, 1.54) is 13.3 Å². The predicted octanol–water partition coefficient (Wildman–Crippen LogP) is 1.64. The molecule has 0 saturated heterocycles. The van der Waals surface area contributed by atoms with Gasteiger partial charge in [0.15, 0.2) is 0 Å². The Morgan fingerprint density at radius 2 is 2.04 bits per heavy atom. The Bertz CT molecular complexity index is 891. The van der Waals surface area contributed by atoms with Gasteiger partial charge in [0.25, 0.3) is 5.91 Å². The van der Waals surface area contributed by atoms with Gasteiger partial charge in [-0.25, -0.2) is 9.97 Å². The number of methoxy groups -OCH3 is 1. The van der Waals surface area contributed by atoms with E-state index in [0.29, 0.717) is 22.8 Å². The van der Waals surface area contributed by atoms with Crippen molar-refractivity contribution in [2.45, 2.75) is 0 Å². The number of carbonyl (C=O) groups excluding carboxylic acids is 2. The first-order valence-electron chi connectivity index (χ1n) is 7.83. The Kier molecular flexibility index (Phi) is 5.23. The molecule has 2 N–H and O–H groups in total. The molecule has 0 aliphatic rings. The molecule has 3 aromatic rings. The number of carbonyl (C=O) groups is 2. The molecule has 132 valence electrons. The highest BCUT2D eigenvalue weighted by atomic mass is 16.5. The number of benzene rings is 1. The number of ether oxygens (including phenoxy) is 1. The van der Waals surface area contributed by atoms with Crippen molar-refractivity contribution in [3.05, 3.63) is 66.9 Å². The molecule has 0 spiro atoms. The molecule has 2 aromatic heterocycles. The van der Waals surface area contributed by atoms with Gasteiger partial charge in [0, 0.05) is 12.4 Å². The summed E-state index contributed by atoms with van der Waals surface area (Å²) in [6.45, 7) is -0.167. The minimum absolute atomic E-state index is 0.167. The topological polar surface area (TPSA) is 98.1 Å². The lowest BCUT2D eigenvalue weighted by Gasteiger charge is -2.09. The highest BCUT2D eigenvalue weighted by Gasteiger charge is 2.12. The number of imidazole rings is 1. The molecule has 8 heteroatoms. The summed E-state index contributed by atoms with van der Waals surface area (Å²) in [6, 6.07) is 10.3. The van der Waals surface area contributed by atoms with Crippen LogP contribution in [0.15, 0.2) is 61.3 Å². The Morgan fingerprint density at radius 3 is 2.73 bits per heavy atom. The van der Waals surface area contributed by atoms with Crippen molar-refractivity contribution < 1.29 is 14.3 Å². The van der Waals surface area contributed by atoms with Gasteiger partial charge in [-0.3, -0.25) is 14.2 Å². The number of para-hydroxylation sites is 1. The molecule has 2 amide bonds. The minimum atomic E-state index is -0.383. The van der Waals surface area contributed by atoms with Crippen LogP contribution in [-0.2, 0) is 4.79 Å². The standard InChI is InChI=1S/C18H17N5O3/c1-26-15-5-3-2-4-14(15)18(25)21-11-17(24)22-13-6-7-16(20-10-13)23-9-8-19-12-23/h2-10,12H,11H2,1H3,(H,21,25)(H,22,24). The van der Waals surface area contributed by atoms with Crippen molar-refractivity contribution >= 4 is 17.5 Å². The molecular weight excluding hydrogens is 334 g/mol. The fourth-order valence-electron chi connectivity index (χ4n) is 2.30. The number of rotatable bonds is 6. The summed E-state index contributed by atoms with van der Waals surface area (Å²) in [7, 11) is 1.49. The fourth-order valence-corrected chi connectivity index (χ4v) is 2.30. The van der Waals surface area contributed by atoms with Crippen LogP contribution in [0.5, 0.6) is 5.75 Å². The smallest absolute Gasteiger partial charge is 0.255 e. The number of hydrogen-bond donors (Lipinski definition) is 2. The molecular formula is C18H17N5O3. The molecule has 0 atom stereocenters. The first-order chi connectivity index (χ1) is 12.7. The van der Waals surface area contributed by atoms with E-state index in [-0.39, 0.29) is 18.4 Å². The Morgan fingerprint density at radius 1 is 1.19 bits per heavy atom. The summed E-state index contributed by atoms with van der Waals surface area (Å²) in [5.74, 6) is 0.395. The number of anilines is 1. The van der Waals surface area contributed by atoms with Gasteiger partial charge in [-0.1, -0.05) is 12.1 Å². The van der Waals surface area contributed by atoms with E-state index in [1.807, 2.05) is 0 Å². The quantitative estimate of drug-likeness (QED) is 0.704. The van der Waals surface area contributed by atoms with Gasteiger partial charge in [0.1, 0.15) is 17.9 Å². The third-order valence-electron chi connectivity index (χ3n) is 3.56. The van der Waals surface area contributed by atoms with Crippen molar-refractivity contribution in [2.75, 3.05) is 19.0 Å². The summed E-state index contributed by atoms with van der Waals surface area (Å²) < 4.78 is 6.88. The third kappa shape index (κ3) is 4.04. The lowest BCUT2D eigenvalue weighted by molar-refractivity contribution is -0.115. The van der Waals surface area contributed by atoms with Crippen LogP contribution in [0.2, 0.25) is 0 Å². The molecule has 0 aliphatic carbocycles. The number of hydrogen-bond acceptors (Lipinski definition) is 5. The predicted molar refractivity (Wildman–Crippen MR) is 95.3 cm³/mol. The van der Waals surface area contributed by atoms with E-state index in [9.17, 15) is 9.59 Å². The maximum Gasteiger partial charge on any atom is 0.255 e. The zero-order valence-corrected chi connectivity index (χ0v) is 14.0. The molecule has 8 nitrogen and oxygen atoms in total. The van der Waals surface area contributed by atoms with Crippen LogP contribution in [0, 0.1) is 0 Å². The SMILES string of the molecule is COc1ccccc1C(=O)NCC(=O)Nc1ccc(-n2ccnc2)nc1. The van der Waals surface area contributed by atoms with E-state index >= 15 is 0 Å². The zero-order valence-electron chi connectivity index (χ0n) is 14.0. The Balaban J connectivity index is 1.55. The molecule has 3 rings (SSSR count). The summed E-state index contributed by atoms with van der Waals surface area (Å²) >= 11 is 0. The normalized spacial score (nSPS) is 10.2. The van der Waals surface area contributed by atoms with Crippen molar-refractivity contribution in [1.82, 2.24) is 19.9 Å². The Labute approximate surface area is 149 Å². The van der Waals surface area contributed by atoms with Gasteiger partial charge in [-0.05, 0) is 24.3 Å². The van der Waals surface area contributed by atoms with Gasteiger partial charge < -0.3 is 15.4 Å². The number of aromatic nitrogens is 3. The average Bonchev–Trinajstić information content (AvgIpc) is 3.21. The van der Waals surface area contributed by atoms with Crippen LogP contribution in [0.3, 0.4) is 0 Å². The molecule has 1 aromatic carbocycles. The second kappa shape index (κ2) is 7.93. The van der Waals surface area contributed by atoms with E-state index in [2.05, 4.69) is 20.6 Å². The first kappa shape index (κ1) is 17.2. The van der Waals surface area contributed by atoms with Crippen molar-refractivity contribution in [3.63, 3.8) is 0 Å². The molecule has 0 aliphatic heterocycles. The first-order valence-corrected chi connectivity index (χ1v) is 7.83. The van der Waals surface area contributed by atoms with Crippen LogP contribution in [0.4, 0.5) is 5.69 Å². The molecule has 0 unspecified atom stereocenters. The average molecular weight is 351 g/mol. The van der Waals surface area contributed by atoms with Gasteiger partial charge in [-0.2, -0.15) is 0 Å². The van der Waals surface area contributed by atoms with E-state index in [0.717, 1.165) is 0 Å². The summed E-state index contributed by atoms with van der Waals surface area (Å²) in [4.78, 5) is 32.4. The lowest BCUT2D eigenvalue weighted by Crippen LogP contribution is -2.33. The monoisotopic (exact) mass is 351 g/mol. The second-order valence-electron chi connectivity index (χ2n) is 5.31. The Hall–Kier alpha value is -3.68. The zero-order chi connectivity index (χ0) is 18.4. The minimum Gasteiger partial charge on any atom is -0.496 e. The molecule has 2 heterocycles. The number of nitrogens with one attached hydrogen (secondary N) is 2. The molecule has 0 saturated carbocycles. The van der Waals surface area contributed by atoms with Crippen LogP contribution in [0.25, 0.3) is 5.82 Å². The fraction of sp³-hybridized carbons (Fsp3) is 0.111. The van der Waals surface area contributed by atoms with Crippen LogP contribution in [-0.4, -0.2) is 40.0 Å². The molecule has 0 radical (unpaired) electrons. The highest BCUT2D eigenvalue weighted by molar-refractivity contribution is 6.00. The van der Waals surface area contributed by atoms with E-state index in [1.54, 1.807) is 59.7 Å². The van der Waals surface area contributed by atoms with Crippen LogP contribution >= 0.6 is 0 Å². The van der Waals surface area contributed by atoms with E-state index < -0.39 is 0 Å². The van der Waals surface area contributed by atoms with Crippen molar-refractivity contribution in [3.8, 4) is 11.6 Å². The maximum absolute atomic E-state index is 12.2. The summed E-state index contributed by atoms with van der Waals surface area (Å²) in [5.41, 5.74) is 0.902. The molecule has 0 fully saturated rings. The van der Waals surface area contributed by atoms with Gasteiger partial charge in [0.05, 0.1) is 31.1 Å². The number of nitrogens with zero attached hydrogens (tertiary/aromatic N) is 3. The molecule has 0 bridgehead atoms. The second-order valence-corrected chi connectivity index (χ2v) is 5.31. The van der Waals surface area contributed by atoms with Crippen LogP contribution < -0.4 is 15.4 Å². The molecule has 26 heavy (non-hydrogen) atoms. The largest absolute Gasteiger partial charge is 0.496 e.